The first-order valence-corrected chi connectivity index (χ1v) is 5.62. The molecule has 0 aliphatic rings. The van der Waals surface area contributed by atoms with Crippen molar-refractivity contribution in [1.29, 1.82) is 0 Å². The summed E-state index contributed by atoms with van der Waals surface area (Å²) in [6.45, 7) is 3.57. The minimum Gasteiger partial charge on any atom is -0.453 e. The van der Waals surface area contributed by atoms with Crippen molar-refractivity contribution in [2.45, 2.75) is 20.3 Å². The zero-order valence-corrected chi connectivity index (χ0v) is 9.90. The number of benzene rings is 1. The van der Waals surface area contributed by atoms with Crippen LogP contribution in [0.1, 0.15) is 30.8 Å². The van der Waals surface area contributed by atoms with E-state index in [0.717, 1.165) is 5.39 Å². The van der Waals surface area contributed by atoms with E-state index < -0.39 is 0 Å². The molecule has 3 heteroatoms. The molecule has 17 heavy (non-hydrogen) atoms. The lowest BCUT2D eigenvalue weighted by atomic mass is 10.0. The highest BCUT2D eigenvalue weighted by molar-refractivity contribution is 6.08. The molecule has 2 rings (SSSR count). The van der Waals surface area contributed by atoms with Gasteiger partial charge in [0.25, 0.3) is 0 Å². The van der Waals surface area contributed by atoms with Gasteiger partial charge in [0.2, 0.25) is 5.78 Å². The van der Waals surface area contributed by atoms with Crippen LogP contribution in [0.25, 0.3) is 11.0 Å². The molecule has 0 saturated carbocycles. The third kappa shape index (κ3) is 2.44. The van der Waals surface area contributed by atoms with Gasteiger partial charge in [0.05, 0.1) is 6.42 Å². The van der Waals surface area contributed by atoms with E-state index in [0.29, 0.717) is 5.58 Å². The van der Waals surface area contributed by atoms with Crippen LogP contribution in [0.4, 0.5) is 0 Å². The number of Topliss-reactive ketones (excluding diaryl/α,β-unsaturated/α-hetero) is 2. The second-order valence-corrected chi connectivity index (χ2v) is 4.37. The number of ketones is 2. The maximum atomic E-state index is 11.8. The standard InChI is InChI=1S/C14H14O3/c1-9(2)11(15)8-12(16)14-7-10-5-3-4-6-13(10)17-14/h3-7,9H,8H2,1-2H3. The maximum Gasteiger partial charge on any atom is 0.205 e. The molecule has 0 N–H and O–H groups in total. The monoisotopic (exact) mass is 230 g/mol. The van der Waals surface area contributed by atoms with Crippen LogP contribution in [0.15, 0.2) is 34.7 Å². The molecule has 0 saturated heterocycles. The third-order valence-electron chi connectivity index (χ3n) is 2.68. The molecule has 0 amide bonds. The lowest BCUT2D eigenvalue weighted by molar-refractivity contribution is -0.121. The summed E-state index contributed by atoms with van der Waals surface area (Å²) in [5.74, 6) is -0.168. The van der Waals surface area contributed by atoms with Crippen LogP contribution in [0.5, 0.6) is 0 Å². The second kappa shape index (κ2) is 4.53. The van der Waals surface area contributed by atoms with Gasteiger partial charge in [-0.15, -0.1) is 0 Å². The fourth-order valence-corrected chi connectivity index (χ4v) is 1.57. The molecule has 1 heterocycles. The van der Waals surface area contributed by atoms with Gasteiger partial charge in [-0.05, 0) is 12.1 Å². The largest absolute Gasteiger partial charge is 0.453 e. The van der Waals surface area contributed by atoms with Crippen LogP contribution < -0.4 is 0 Å². The molecule has 0 atom stereocenters. The Hall–Kier alpha value is -1.90. The van der Waals surface area contributed by atoms with E-state index in [1.165, 1.54) is 0 Å². The lowest BCUT2D eigenvalue weighted by Crippen LogP contribution is -2.12. The van der Waals surface area contributed by atoms with Gasteiger partial charge in [-0.2, -0.15) is 0 Å². The Morgan fingerprint density at radius 1 is 1.24 bits per heavy atom. The van der Waals surface area contributed by atoms with Crippen molar-refractivity contribution in [2.24, 2.45) is 5.92 Å². The number of carbonyl (C=O) groups is 2. The molecule has 0 spiro atoms. The summed E-state index contributed by atoms with van der Waals surface area (Å²) in [6.07, 6.45) is -0.0858. The molecule has 1 aromatic carbocycles. The molecule has 1 aromatic heterocycles. The lowest BCUT2D eigenvalue weighted by Gasteiger charge is -2.00. The fourth-order valence-electron chi connectivity index (χ4n) is 1.57. The quantitative estimate of drug-likeness (QED) is 0.598. The van der Waals surface area contributed by atoms with E-state index >= 15 is 0 Å². The van der Waals surface area contributed by atoms with E-state index in [9.17, 15) is 9.59 Å². The molecule has 0 aliphatic heterocycles. The molecular weight excluding hydrogens is 216 g/mol. The molecule has 0 bridgehead atoms. The predicted octanol–water partition coefficient (Wildman–Crippen LogP) is 3.23. The zero-order chi connectivity index (χ0) is 12.4. The first kappa shape index (κ1) is 11.6. The number of furan rings is 1. The third-order valence-corrected chi connectivity index (χ3v) is 2.68. The van der Waals surface area contributed by atoms with Crippen LogP contribution >= 0.6 is 0 Å². The first-order valence-electron chi connectivity index (χ1n) is 5.62. The van der Waals surface area contributed by atoms with Gasteiger partial charge in [0.15, 0.2) is 5.76 Å². The van der Waals surface area contributed by atoms with Crippen LogP contribution in [-0.4, -0.2) is 11.6 Å². The maximum absolute atomic E-state index is 11.8. The molecule has 0 aliphatic carbocycles. The van der Waals surface area contributed by atoms with Gasteiger partial charge in [0.1, 0.15) is 11.4 Å². The highest BCUT2D eigenvalue weighted by atomic mass is 16.3. The van der Waals surface area contributed by atoms with Gasteiger partial charge < -0.3 is 4.42 Å². The number of para-hydroxylation sites is 1. The Morgan fingerprint density at radius 2 is 1.94 bits per heavy atom. The predicted molar refractivity (Wildman–Crippen MR) is 65.0 cm³/mol. The SMILES string of the molecule is CC(C)C(=O)CC(=O)c1cc2ccccc2o1. The smallest absolute Gasteiger partial charge is 0.205 e. The molecule has 88 valence electrons. The second-order valence-electron chi connectivity index (χ2n) is 4.37. The molecule has 2 aromatic rings. The van der Waals surface area contributed by atoms with Crippen LogP contribution in [0, 0.1) is 5.92 Å². The number of rotatable bonds is 4. The van der Waals surface area contributed by atoms with Crippen LogP contribution in [-0.2, 0) is 4.79 Å². The summed E-state index contributed by atoms with van der Waals surface area (Å²) in [7, 11) is 0. The van der Waals surface area contributed by atoms with Crippen molar-refractivity contribution < 1.29 is 14.0 Å². The van der Waals surface area contributed by atoms with Crippen molar-refractivity contribution in [3.63, 3.8) is 0 Å². The van der Waals surface area contributed by atoms with Crippen molar-refractivity contribution in [2.75, 3.05) is 0 Å². The van der Waals surface area contributed by atoms with Crippen molar-refractivity contribution in [3.8, 4) is 0 Å². The van der Waals surface area contributed by atoms with Crippen molar-refractivity contribution >= 4 is 22.5 Å². The van der Waals surface area contributed by atoms with E-state index in [1.54, 1.807) is 26.0 Å². The van der Waals surface area contributed by atoms with Gasteiger partial charge in [-0.3, -0.25) is 9.59 Å². The number of hydrogen-bond acceptors (Lipinski definition) is 3. The summed E-state index contributed by atoms with van der Waals surface area (Å²) in [5, 5.41) is 0.882. The summed E-state index contributed by atoms with van der Waals surface area (Å²) in [6, 6.07) is 9.09. The topological polar surface area (TPSA) is 47.3 Å². The highest BCUT2D eigenvalue weighted by Crippen LogP contribution is 2.20. The van der Waals surface area contributed by atoms with Crippen LogP contribution in [0.3, 0.4) is 0 Å². The van der Waals surface area contributed by atoms with E-state index in [2.05, 4.69) is 0 Å². The number of fused-ring (bicyclic) bond motifs is 1. The van der Waals surface area contributed by atoms with E-state index in [-0.39, 0.29) is 29.7 Å². The fraction of sp³-hybridized carbons (Fsp3) is 0.286. The Balaban J connectivity index is 2.22. The molecule has 0 fully saturated rings. The van der Waals surface area contributed by atoms with Crippen molar-refractivity contribution in [3.05, 3.63) is 36.1 Å². The Labute approximate surface area is 99.4 Å². The zero-order valence-electron chi connectivity index (χ0n) is 9.90. The van der Waals surface area contributed by atoms with Gasteiger partial charge >= 0.3 is 0 Å². The number of hydrogen-bond donors (Lipinski definition) is 0. The van der Waals surface area contributed by atoms with Gasteiger partial charge in [-0.25, -0.2) is 0 Å². The number of carbonyl (C=O) groups excluding carboxylic acids is 2. The normalized spacial score (nSPS) is 11.0. The molecule has 0 unspecified atom stereocenters. The summed E-state index contributed by atoms with van der Waals surface area (Å²) >= 11 is 0. The van der Waals surface area contributed by atoms with E-state index in [1.807, 2.05) is 18.2 Å². The highest BCUT2D eigenvalue weighted by Gasteiger charge is 2.17. The average molecular weight is 230 g/mol. The Bertz CT molecular complexity index is 531. The average Bonchev–Trinajstić information content (AvgIpc) is 2.72. The molecule has 3 nitrogen and oxygen atoms in total. The van der Waals surface area contributed by atoms with Crippen LogP contribution in [0.2, 0.25) is 0 Å². The Morgan fingerprint density at radius 3 is 2.59 bits per heavy atom. The minimum absolute atomic E-state index is 0.0598. The summed E-state index contributed by atoms with van der Waals surface area (Å²) in [5.41, 5.74) is 0.674. The van der Waals surface area contributed by atoms with Crippen molar-refractivity contribution in [1.82, 2.24) is 0 Å². The summed E-state index contributed by atoms with van der Waals surface area (Å²) in [4.78, 5) is 23.3. The molecule has 0 radical (unpaired) electrons. The van der Waals surface area contributed by atoms with E-state index in [4.69, 9.17) is 4.42 Å². The summed E-state index contributed by atoms with van der Waals surface area (Å²) < 4.78 is 5.41. The van der Waals surface area contributed by atoms with Gasteiger partial charge in [0, 0.05) is 11.3 Å². The first-order chi connectivity index (χ1) is 8.08. The minimum atomic E-state index is -0.250. The molecular formula is C14H14O3. The van der Waals surface area contributed by atoms with Gasteiger partial charge in [-0.1, -0.05) is 32.0 Å². The Kier molecular flexibility index (Phi) is 3.09.